The van der Waals surface area contributed by atoms with E-state index in [1.807, 2.05) is 41.3 Å². The average Bonchev–Trinajstić information content (AvgIpc) is 3.20. The Hall–Kier alpha value is -4.79. The number of phenols is 2. The van der Waals surface area contributed by atoms with E-state index in [4.69, 9.17) is 4.42 Å². The number of carbonyl (C=O) groups is 1. The highest BCUT2D eigenvalue weighted by Crippen LogP contribution is 2.43. The minimum atomic E-state index is -0.735. The van der Waals surface area contributed by atoms with Crippen LogP contribution in [0.4, 0.5) is 0 Å². The molecule has 3 aromatic carbocycles. The summed E-state index contributed by atoms with van der Waals surface area (Å²) in [6, 6.07) is 17.0. The molecule has 9 nitrogen and oxygen atoms in total. The maximum absolute atomic E-state index is 13.7. The van der Waals surface area contributed by atoms with Crippen LogP contribution in [0.5, 0.6) is 11.5 Å². The zero-order valence-corrected chi connectivity index (χ0v) is 23.0. The molecular weight excluding hydrogens is 522 g/mol. The van der Waals surface area contributed by atoms with Gasteiger partial charge in [0.25, 0.3) is 0 Å². The van der Waals surface area contributed by atoms with Crippen LogP contribution >= 0.6 is 0 Å². The van der Waals surface area contributed by atoms with Gasteiger partial charge in [-0.3, -0.25) is 18.7 Å². The fraction of sp³-hybridized carbons (Fsp3) is 0.281. The van der Waals surface area contributed by atoms with Crippen LogP contribution < -0.4 is 11.1 Å². The van der Waals surface area contributed by atoms with E-state index in [9.17, 15) is 24.6 Å². The molecule has 5 aromatic rings. The number of nitrogens with zero attached hydrogens (tertiary/aromatic N) is 3. The molecule has 2 N–H and O–H groups in total. The molecule has 1 saturated heterocycles. The zero-order valence-electron chi connectivity index (χ0n) is 23.0. The molecule has 0 radical (unpaired) electrons. The van der Waals surface area contributed by atoms with E-state index in [2.05, 4.69) is 0 Å². The van der Waals surface area contributed by atoms with Crippen molar-refractivity contribution in [2.75, 3.05) is 13.1 Å². The Morgan fingerprint density at radius 3 is 2.32 bits per heavy atom. The smallest absolute Gasteiger partial charge is 0.328 e. The van der Waals surface area contributed by atoms with Crippen LogP contribution in [-0.4, -0.2) is 43.2 Å². The highest BCUT2D eigenvalue weighted by Gasteiger charge is 2.30. The first-order valence-electron chi connectivity index (χ1n) is 13.8. The molecule has 0 bridgehead atoms. The van der Waals surface area contributed by atoms with Gasteiger partial charge < -0.3 is 19.5 Å². The molecular formula is C32H31N3O6. The van der Waals surface area contributed by atoms with Gasteiger partial charge in [0.1, 0.15) is 28.2 Å². The van der Waals surface area contributed by atoms with E-state index in [-0.39, 0.29) is 46.1 Å². The van der Waals surface area contributed by atoms with Gasteiger partial charge in [0, 0.05) is 62.8 Å². The molecule has 41 heavy (non-hydrogen) atoms. The standard InChI is InChI=1S/C32H31N3O6/c1-33-22-12-11-20(15-23(22)34(2)32(33)40)21(16-28(39)35-13-7-4-8-14-35)29-24(36)17-25(37)30-26(38)18-27(41-31(29)30)19-9-5-3-6-10-19/h3,5-6,9-12,15,17-18,21,36-37H,4,7-8,13-14,16H2,1-2H3. The van der Waals surface area contributed by atoms with Crippen molar-refractivity contribution >= 4 is 27.9 Å². The topological polar surface area (TPSA) is 118 Å². The summed E-state index contributed by atoms with van der Waals surface area (Å²) in [6.45, 7) is 1.32. The van der Waals surface area contributed by atoms with Crippen LogP contribution in [0.25, 0.3) is 33.3 Å². The van der Waals surface area contributed by atoms with Gasteiger partial charge in [-0.05, 0) is 37.0 Å². The molecule has 3 heterocycles. The average molecular weight is 554 g/mol. The minimum absolute atomic E-state index is 0.000995. The van der Waals surface area contributed by atoms with Crippen molar-refractivity contribution in [2.24, 2.45) is 14.1 Å². The quantitative estimate of drug-likeness (QED) is 0.329. The maximum Gasteiger partial charge on any atom is 0.328 e. The van der Waals surface area contributed by atoms with Crippen molar-refractivity contribution in [2.45, 2.75) is 31.6 Å². The Balaban J connectivity index is 1.60. The summed E-state index contributed by atoms with van der Waals surface area (Å²) in [6.07, 6.45) is 2.93. The van der Waals surface area contributed by atoms with E-state index in [1.165, 1.54) is 10.6 Å². The van der Waals surface area contributed by atoms with Crippen molar-refractivity contribution < 1.29 is 19.4 Å². The number of rotatable bonds is 5. The lowest BCUT2D eigenvalue weighted by Crippen LogP contribution is -2.36. The van der Waals surface area contributed by atoms with Crippen LogP contribution in [0.3, 0.4) is 0 Å². The molecule has 1 amide bonds. The van der Waals surface area contributed by atoms with E-state index < -0.39 is 17.1 Å². The van der Waals surface area contributed by atoms with Gasteiger partial charge >= 0.3 is 5.69 Å². The van der Waals surface area contributed by atoms with E-state index >= 15 is 0 Å². The van der Waals surface area contributed by atoms with E-state index in [1.54, 1.807) is 30.8 Å². The fourth-order valence-electron chi connectivity index (χ4n) is 5.98. The van der Waals surface area contributed by atoms with Crippen LogP contribution in [-0.2, 0) is 18.9 Å². The van der Waals surface area contributed by atoms with Gasteiger partial charge in [-0.25, -0.2) is 4.79 Å². The van der Waals surface area contributed by atoms with Gasteiger partial charge in [-0.1, -0.05) is 36.4 Å². The number of likely N-dealkylation sites (tertiary alicyclic amines) is 1. The third-order valence-electron chi connectivity index (χ3n) is 8.19. The molecule has 9 heteroatoms. The Morgan fingerprint density at radius 1 is 0.878 bits per heavy atom. The summed E-state index contributed by atoms with van der Waals surface area (Å²) in [4.78, 5) is 41.5. The third-order valence-corrected chi connectivity index (χ3v) is 8.19. The van der Waals surface area contributed by atoms with Crippen molar-refractivity contribution in [3.63, 3.8) is 0 Å². The lowest BCUT2D eigenvalue weighted by Gasteiger charge is -2.29. The van der Waals surface area contributed by atoms with Gasteiger partial charge in [-0.2, -0.15) is 0 Å². The zero-order chi connectivity index (χ0) is 28.8. The van der Waals surface area contributed by atoms with Crippen LogP contribution in [0.2, 0.25) is 0 Å². The second kappa shape index (κ2) is 10.3. The first-order chi connectivity index (χ1) is 19.7. The monoisotopic (exact) mass is 553 g/mol. The summed E-state index contributed by atoms with van der Waals surface area (Å²) in [7, 11) is 3.38. The van der Waals surface area contributed by atoms with Gasteiger partial charge in [0.05, 0.1) is 11.0 Å². The highest BCUT2D eigenvalue weighted by molar-refractivity contribution is 5.91. The van der Waals surface area contributed by atoms with Crippen LogP contribution in [0, 0.1) is 0 Å². The lowest BCUT2D eigenvalue weighted by atomic mass is 9.85. The Kier molecular flexibility index (Phi) is 6.65. The summed E-state index contributed by atoms with van der Waals surface area (Å²) in [5.74, 6) is -1.24. The summed E-state index contributed by atoms with van der Waals surface area (Å²) in [5.41, 5.74) is 2.31. The Morgan fingerprint density at radius 2 is 1.59 bits per heavy atom. The number of aromatic hydroxyl groups is 2. The molecule has 1 unspecified atom stereocenters. The predicted molar refractivity (Wildman–Crippen MR) is 156 cm³/mol. The lowest BCUT2D eigenvalue weighted by molar-refractivity contribution is -0.132. The Bertz CT molecular complexity index is 1910. The molecule has 210 valence electrons. The van der Waals surface area contributed by atoms with E-state index in [0.717, 1.165) is 30.8 Å². The molecule has 1 atom stereocenters. The van der Waals surface area contributed by atoms with Gasteiger partial charge in [0.15, 0.2) is 5.43 Å². The third kappa shape index (κ3) is 4.57. The number of hydrogen-bond acceptors (Lipinski definition) is 6. The van der Waals surface area contributed by atoms with Gasteiger partial charge in [0.2, 0.25) is 5.91 Å². The minimum Gasteiger partial charge on any atom is -0.507 e. The number of hydrogen-bond donors (Lipinski definition) is 2. The molecule has 1 aliphatic heterocycles. The molecule has 0 saturated carbocycles. The number of piperidine rings is 1. The second-order valence-corrected chi connectivity index (χ2v) is 10.7. The van der Waals surface area contributed by atoms with Crippen molar-refractivity contribution in [1.29, 1.82) is 0 Å². The second-order valence-electron chi connectivity index (χ2n) is 10.7. The maximum atomic E-state index is 13.7. The highest BCUT2D eigenvalue weighted by atomic mass is 16.3. The van der Waals surface area contributed by atoms with Crippen molar-refractivity contribution in [1.82, 2.24) is 14.0 Å². The number of imidazole rings is 1. The number of aromatic nitrogens is 2. The summed E-state index contributed by atoms with van der Waals surface area (Å²) >= 11 is 0. The molecule has 6 rings (SSSR count). The fourth-order valence-corrected chi connectivity index (χ4v) is 5.98. The number of carbonyl (C=O) groups excluding carboxylic acids is 1. The number of phenolic OH excluding ortho intramolecular Hbond substituents is 2. The number of aryl methyl sites for hydroxylation is 2. The normalized spacial score (nSPS) is 14.5. The largest absolute Gasteiger partial charge is 0.507 e. The molecule has 2 aromatic heterocycles. The number of amides is 1. The molecule has 0 spiro atoms. The van der Waals surface area contributed by atoms with Gasteiger partial charge in [-0.15, -0.1) is 0 Å². The van der Waals surface area contributed by atoms with E-state index in [0.29, 0.717) is 29.7 Å². The number of benzene rings is 3. The van der Waals surface area contributed by atoms with Crippen LogP contribution in [0.15, 0.2) is 74.7 Å². The van der Waals surface area contributed by atoms with Crippen molar-refractivity contribution in [3.05, 3.63) is 92.5 Å². The first kappa shape index (κ1) is 26.4. The first-order valence-corrected chi connectivity index (χ1v) is 13.8. The number of fused-ring (bicyclic) bond motifs is 2. The Labute approximate surface area is 235 Å². The van der Waals surface area contributed by atoms with Crippen LogP contribution in [0.1, 0.15) is 42.7 Å². The summed E-state index contributed by atoms with van der Waals surface area (Å²) in [5, 5.41) is 22.0. The SMILES string of the molecule is Cn1c(=O)n(C)c2cc(C(CC(=O)N3CCCCC3)c3c(O)cc(O)c4c(=O)cc(-c5ccccc5)oc34)ccc21. The molecule has 1 aliphatic rings. The molecule has 0 aliphatic carbocycles. The summed E-state index contributed by atoms with van der Waals surface area (Å²) < 4.78 is 9.36. The predicted octanol–water partition coefficient (Wildman–Crippen LogP) is 4.60. The molecule has 1 fully saturated rings. The van der Waals surface area contributed by atoms with Crippen molar-refractivity contribution in [3.8, 4) is 22.8 Å².